The summed E-state index contributed by atoms with van der Waals surface area (Å²) < 4.78 is 27.9. The van der Waals surface area contributed by atoms with Gasteiger partial charge < -0.3 is 4.90 Å². The Labute approximate surface area is 148 Å². The van der Waals surface area contributed by atoms with Crippen molar-refractivity contribution in [1.29, 1.82) is 0 Å². The number of benzene rings is 2. The molecule has 132 valence electrons. The van der Waals surface area contributed by atoms with Crippen molar-refractivity contribution in [2.75, 3.05) is 13.1 Å². The van der Waals surface area contributed by atoms with E-state index in [0.29, 0.717) is 24.2 Å². The van der Waals surface area contributed by atoms with Crippen molar-refractivity contribution < 1.29 is 13.2 Å². The van der Waals surface area contributed by atoms with Crippen LogP contribution < -0.4 is 4.72 Å². The van der Waals surface area contributed by atoms with E-state index in [2.05, 4.69) is 4.72 Å². The maximum atomic E-state index is 12.9. The average Bonchev–Trinajstić information content (AvgIpc) is 3.15. The molecule has 3 rings (SSSR count). The summed E-state index contributed by atoms with van der Waals surface area (Å²) in [6, 6.07) is 17.1. The Bertz CT molecular complexity index is 801. The molecule has 1 aliphatic rings. The summed E-state index contributed by atoms with van der Waals surface area (Å²) in [4.78, 5) is 14.6. The second-order valence-corrected chi connectivity index (χ2v) is 7.99. The van der Waals surface area contributed by atoms with Gasteiger partial charge in [-0.25, -0.2) is 8.42 Å². The lowest BCUT2D eigenvalue weighted by atomic mass is 10.1. The molecule has 5 nitrogen and oxygen atoms in total. The van der Waals surface area contributed by atoms with Crippen LogP contribution in [-0.2, 0) is 20.6 Å². The summed E-state index contributed by atoms with van der Waals surface area (Å²) in [5.74, 6) is -0.329. The Morgan fingerprint density at radius 2 is 1.52 bits per heavy atom. The molecular formula is C19H22N2O3S. The van der Waals surface area contributed by atoms with E-state index in [1.807, 2.05) is 24.3 Å². The number of carbonyl (C=O) groups excluding carboxylic acids is 1. The van der Waals surface area contributed by atoms with E-state index in [-0.39, 0.29) is 11.7 Å². The molecule has 1 aliphatic heterocycles. The van der Waals surface area contributed by atoms with Crippen molar-refractivity contribution in [1.82, 2.24) is 9.62 Å². The molecule has 1 N–H and O–H groups in total. The van der Waals surface area contributed by atoms with Crippen molar-refractivity contribution in [3.63, 3.8) is 0 Å². The van der Waals surface area contributed by atoms with Gasteiger partial charge >= 0.3 is 0 Å². The first kappa shape index (κ1) is 17.6. The third kappa shape index (κ3) is 4.67. The first-order chi connectivity index (χ1) is 12.1. The van der Waals surface area contributed by atoms with Crippen molar-refractivity contribution in [2.24, 2.45) is 0 Å². The fourth-order valence-electron chi connectivity index (χ4n) is 3.04. The van der Waals surface area contributed by atoms with Crippen LogP contribution in [0, 0.1) is 0 Å². The summed E-state index contributed by atoms with van der Waals surface area (Å²) in [6.45, 7) is 1.37. The zero-order chi connectivity index (χ0) is 17.7. The molecule has 0 spiro atoms. The third-order valence-electron chi connectivity index (χ3n) is 4.29. The van der Waals surface area contributed by atoms with E-state index < -0.39 is 16.1 Å². The molecular weight excluding hydrogens is 336 g/mol. The van der Waals surface area contributed by atoms with E-state index in [1.165, 1.54) is 0 Å². The van der Waals surface area contributed by atoms with Crippen LogP contribution in [-0.4, -0.2) is 32.3 Å². The number of likely N-dealkylation sites (tertiary alicyclic amines) is 1. The molecule has 1 saturated heterocycles. The monoisotopic (exact) mass is 358 g/mol. The number of rotatable bonds is 6. The van der Waals surface area contributed by atoms with Gasteiger partial charge in [0.05, 0.1) is 5.75 Å². The van der Waals surface area contributed by atoms with Crippen molar-refractivity contribution >= 4 is 15.9 Å². The topological polar surface area (TPSA) is 66.5 Å². The highest BCUT2D eigenvalue weighted by atomic mass is 32.2. The van der Waals surface area contributed by atoms with Gasteiger partial charge in [0.1, 0.15) is 6.04 Å². The zero-order valence-corrected chi connectivity index (χ0v) is 14.8. The van der Waals surface area contributed by atoms with Gasteiger partial charge in [-0.15, -0.1) is 0 Å². The molecule has 1 amide bonds. The minimum absolute atomic E-state index is 0.148. The second-order valence-electron chi connectivity index (χ2n) is 6.24. The van der Waals surface area contributed by atoms with Gasteiger partial charge in [0.2, 0.25) is 15.9 Å². The van der Waals surface area contributed by atoms with E-state index in [0.717, 1.165) is 12.8 Å². The number of sulfonamides is 1. The second kappa shape index (κ2) is 7.80. The Morgan fingerprint density at radius 1 is 0.960 bits per heavy atom. The molecule has 0 aliphatic carbocycles. The molecule has 0 aromatic heterocycles. The van der Waals surface area contributed by atoms with Gasteiger partial charge in [-0.05, 0) is 24.0 Å². The number of amides is 1. The predicted octanol–water partition coefficient (Wildman–Crippen LogP) is 2.47. The summed E-state index contributed by atoms with van der Waals surface area (Å²) in [6.07, 6.45) is 1.92. The summed E-state index contributed by atoms with van der Waals surface area (Å²) in [7, 11) is -3.65. The number of carbonyl (C=O) groups is 1. The Kier molecular flexibility index (Phi) is 5.50. The van der Waals surface area contributed by atoms with Crippen molar-refractivity contribution in [2.45, 2.75) is 24.6 Å². The SMILES string of the molecule is O=C([C@@H](NS(=O)(=O)Cc1ccccc1)c1ccccc1)N1CCCC1. The fraction of sp³-hybridized carbons (Fsp3) is 0.316. The molecule has 6 heteroatoms. The summed E-state index contributed by atoms with van der Waals surface area (Å²) in [5, 5.41) is 0. The minimum Gasteiger partial charge on any atom is -0.341 e. The van der Waals surface area contributed by atoms with Crippen molar-refractivity contribution in [3.05, 3.63) is 71.8 Å². The van der Waals surface area contributed by atoms with Gasteiger partial charge in [0.25, 0.3) is 0 Å². The predicted molar refractivity (Wildman–Crippen MR) is 97.2 cm³/mol. The highest BCUT2D eigenvalue weighted by molar-refractivity contribution is 7.88. The lowest BCUT2D eigenvalue weighted by Gasteiger charge is -2.24. The maximum Gasteiger partial charge on any atom is 0.245 e. The van der Waals surface area contributed by atoms with Crippen LogP contribution in [0.2, 0.25) is 0 Å². The van der Waals surface area contributed by atoms with E-state index >= 15 is 0 Å². The first-order valence-corrected chi connectivity index (χ1v) is 10.1. The normalized spacial score (nSPS) is 15.9. The van der Waals surface area contributed by atoms with Crippen LogP contribution in [0.15, 0.2) is 60.7 Å². The fourth-order valence-corrected chi connectivity index (χ4v) is 4.35. The maximum absolute atomic E-state index is 12.9. The van der Waals surface area contributed by atoms with E-state index in [1.54, 1.807) is 41.3 Å². The lowest BCUT2D eigenvalue weighted by molar-refractivity contribution is -0.132. The van der Waals surface area contributed by atoms with E-state index in [9.17, 15) is 13.2 Å². The van der Waals surface area contributed by atoms with Crippen molar-refractivity contribution in [3.8, 4) is 0 Å². The average molecular weight is 358 g/mol. The molecule has 25 heavy (non-hydrogen) atoms. The molecule has 2 aromatic rings. The standard InChI is InChI=1S/C19H22N2O3S/c22-19(21-13-7-8-14-21)18(17-11-5-2-6-12-17)20-25(23,24)15-16-9-3-1-4-10-16/h1-6,9-12,18,20H,7-8,13-15H2/t18-/m0/s1. The highest BCUT2D eigenvalue weighted by Crippen LogP contribution is 2.21. The molecule has 1 fully saturated rings. The molecule has 1 heterocycles. The molecule has 2 aromatic carbocycles. The number of nitrogens with one attached hydrogen (secondary N) is 1. The van der Waals surface area contributed by atoms with Gasteiger partial charge in [-0.3, -0.25) is 4.79 Å². The summed E-state index contributed by atoms with van der Waals surface area (Å²) in [5.41, 5.74) is 1.35. The van der Waals surface area contributed by atoms with Gasteiger partial charge in [-0.2, -0.15) is 4.72 Å². The lowest BCUT2D eigenvalue weighted by Crippen LogP contribution is -2.42. The first-order valence-electron chi connectivity index (χ1n) is 8.43. The Hall–Kier alpha value is -2.18. The number of hydrogen-bond acceptors (Lipinski definition) is 3. The Balaban J connectivity index is 1.83. The molecule has 0 unspecified atom stereocenters. The van der Waals surface area contributed by atoms with Crippen LogP contribution in [0.5, 0.6) is 0 Å². The number of hydrogen-bond donors (Lipinski definition) is 1. The minimum atomic E-state index is -3.65. The van der Waals surface area contributed by atoms with Crippen LogP contribution in [0.1, 0.15) is 30.0 Å². The van der Waals surface area contributed by atoms with Gasteiger partial charge in [0, 0.05) is 13.1 Å². The zero-order valence-electron chi connectivity index (χ0n) is 14.0. The third-order valence-corrected chi connectivity index (χ3v) is 5.60. The van der Waals surface area contributed by atoms with Gasteiger partial charge in [0.15, 0.2) is 0 Å². The molecule has 0 saturated carbocycles. The highest BCUT2D eigenvalue weighted by Gasteiger charge is 2.31. The Morgan fingerprint density at radius 3 is 2.12 bits per heavy atom. The van der Waals surface area contributed by atoms with Crippen LogP contribution in [0.25, 0.3) is 0 Å². The summed E-state index contributed by atoms with van der Waals surface area (Å²) >= 11 is 0. The quantitative estimate of drug-likeness (QED) is 0.863. The van der Waals surface area contributed by atoms with Crippen LogP contribution in [0.3, 0.4) is 0 Å². The van der Waals surface area contributed by atoms with Crippen LogP contribution in [0.4, 0.5) is 0 Å². The molecule has 1 atom stereocenters. The van der Waals surface area contributed by atoms with E-state index in [4.69, 9.17) is 0 Å². The van der Waals surface area contributed by atoms with Gasteiger partial charge in [-0.1, -0.05) is 60.7 Å². The molecule has 0 bridgehead atoms. The largest absolute Gasteiger partial charge is 0.341 e. The smallest absolute Gasteiger partial charge is 0.245 e. The molecule has 0 radical (unpaired) electrons. The van der Waals surface area contributed by atoms with Crippen LogP contribution >= 0.6 is 0 Å². The number of nitrogens with zero attached hydrogens (tertiary/aromatic N) is 1.